The highest BCUT2D eigenvalue weighted by atomic mass is 16.6. The fourth-order valence-electron chi connectivity index (χ4n) is 1.97. The Morgan fingerprint density at radius 3 is 2.64 bits per heavy atom. The van der Waals surface area contributed by atoms with Crippen LogP contribution in [0, 0.1) is 6.92 Å². The first kappa shape index (κ1) is 16.3. The number of phenols is 1. The van der Waals surface area contributed by atoms with Gasteiger partial charge in [-0.2, -0.15) is 10.1 Å². The van der Waals surface area contributed by atoms with Crippen molar-refractivity contribution in [2.24, 2.45) is 10.2 Å². The molecule has 1 N–H and O–H groups in total. The number of hydrogen-bond donors (Lipinski definition) is 1. The number of phenolic OH excluding ortho intramolecular Hbond substituents is 1. The molecular formula is C17H14N4O4. The highest BCUT2D eigenvalue weighted by Crippen LogP contribution is 2.24. The van der Waals surface area contributed by atoms with Crippen LogP contribution < -0.4 is 0 Å². The average Bonchev–Trinajstić information content (AvgIpc) is 3.05. The zero-order valence-corrected chi connectivity index (χ0v) is 13.3. The van der Waals surface area contributed by atoms with Gasteiger partial charge in [-0.15, -0.1) is 5.11 Å². The highest BCUT2D eigenvalue weighted by Gasteiger charge is 2.14. The third-order valence-corrected chi connectivity index (χ3v) is 3.14. The van der Waals surface area contributed by atoms with Gasteiger partial charge < -0.3 is 14.4 Å². The summed E-state index contributed by atoms with van der Waals surface area (Å²) in [6.45, 7) is 1.55. The Labute approximate surface area is 142 Å². The first-order valence-electron chi connectivity index (χ1n) is 7.38. The maximum Gasteiger partial charge on any atom is 0.340 e. The van der Waals surface area contributed by atoms with Crippen molar-refractivity contribution < 1.29 is 19.2 Å². The largest absolute Gasteiger partial charge is 0.508 e. The lowest BCUT2D eigenvalue weighted by atomic mass is 10.2. The van der Waals surface area contributed by atoms with Crippen molar-refractivity contribution >= 4 is 17.3 Å². The van der Waals surface area contributed by atoms with Gasteiger partial charge in [0.05, 0.1) is 11.3 Å². The number of aromatic hydroxyl groups is 1. The van der Waals surface area contributed by atoms with Crippen molar-refractivity contribution in [3.63, 3.8) is 0 Å². The summed E-state index contributed by atoms with van der Waals surface area (Å²) in [6.07, 6.45) is 0. The smallest absolute Gasteiger partial charge is 0.340 e. The number of nitrogens with zero attached hydrogens (tertiary/aromatic N) is 4. The van der Waals surface area contributed by atoms with Crippen molar-refractivity contribution in [2.75, 3.05) is 0 Å². The summed E-state index contributed by atoms with van der Waals surface area (Å²) in [6, 6.07) is 12.9. The summed E-state index contributed by atoms with van der Waals surface area (Å²) in [4.78, 5) is 16.2. The molecule has 8 nitrogen and oxygen atoms in total. The minimum atomic E-state index is -0.573. The fraction of sp³-hybridized carbons (Fsp3) is 0.118. The summed E-state index contributed by atoms with van der Waals surface area (Å²) in [5.74, 6) is 0.249. The van der Waals surface area contributed by atoms with E-state index in [9.17, 15) is 9.90 Å². The predicted molar refractivity (Wildman–Crippen MR) is 86.9 cm³/mol. The van der Waals surface area contributed by atoms with E-state index >= 15 is 0 Å². The van der Waals surface area contributed by atoms with Crippen LogP contribution in [0.1, 0.15) is 22.1 Å². The molecule has 25 heavy (non-hydrogen) atoms. The van der Waals surface area contributed by atoms with Gasteiger partial charge >= 0.3 is 5.97 Å². The van der Waals surface area contributed by atoms with E-state index in [4.69, 9.17) is 9.26 Å². The number of aromatic nitrogens is 2. The van der Waals surface area contributed by atoms with Crippen molar-refractivity contribution in [1.29, 1.82) is 0 Å². The van der Waals surface area contributed by atoms with Gasteiger partial charge in [-0.3, -0.25) is 0 Å². The number of ether oxygens (including phenoxy) is 1. The number of azo groups is 1. The molecule has 0 aliphatic rings. The number of carbonyl (C=O) groups is 1. The Bertz CT molecular complexity index is 903. The third kappa shape index (κ3) is 4.25. The predicted octanol–water partition coefficient (Wildman–Crippen LogP) is 3.86. The molecule has 0 unspecified atom stereocenters. The minimum Gasteiger partial charge on any atom is -0.508 e. The van der Waals surface area contributed by atoms with Crippen LogP contribution in [-0.2, 0) is 11.3 Å². The van der Waals surface area contributed by atoms with Gasteiger partial charge in [0.25, 0.3) is 5.89 Å². The van der Waals surface area contributed by atoms with Crippen molar-refractivity contribution in [3.05, 3.63) is 65.8 Å². The van der Waals surface area contributed by atoms with E-state index in [0.29, 0.717) is 17.2 Å². The lowest BCUT2D eigenvalue weighted by molar-refractivity contribution is 0.0431. The molecule has 1 aromatic heterocycles. The second-order valence-electron chi connectivity index (χ2n) is 5.05. The average molecular weight is 338 g/mol. The molecule has 0 amide bonds. The lowest BCUT2D eigenvalue weighted by Crippen LogP contribution is -2.05. The van der Waals surface area contributed by atoms with Crippen LogP contribution in [0.2, 0.25) is 0 Å². The number of rotatable bonds is 5. The van der Waals surface area contributed by atoms with E-state index in [0.717, 1.165) is 0 Å². The van der Waals surface area contributed by atoms with E-state index in [1.807, 2.05) is 0 Å². The molecule has 1 heterocycles. The van der Waals surface area contributed by atoms with Gasteiger partial charge in [0.15, 0.2) is 12.4 Å². The van der Waals surface area contributed by atoms with E-state index < -0.39 is 5.97 Å². The number of aryl methyl sites for hydroxylation is 1. The Morgan fingerprint density at radius 1 is 1.16 bits per heavy atom. The Balaban J connectivity index is 1.73. The third-order valence-electron chi connectivity index (χ3n) is 3.14. The van der Waals surface area contributed by atoms with Crippen LogP contribution in [0.5, 0.6) is 5.75 Å². The number of esters is 1. The fourth-order valence-corrected chi connectivity index (χ4v) is 1.97. The highest BCUT2D eigenvalue weighted by molar-refractivity contribution is 5.94. The molecule has 126 valence electrons. The molecule has 0 fully saturated rings. The van der Waals surface area contributed by atoms with E-state index in [1.54, 1.807) is 43.3 Å². The zero-order valence-electron chi connectivity index (χ0n) is 13.3. The van der Waals surface area contributed by atoms with Crippen LogP contribution in [0.3, 0.4) is 0 Å². The van der Waals surface area contributed by atoms with Gasteiger partial charge in [0.1, 0.15) is 11.4 Å². The molecule has 3 rings (SSSR count). The molecule has 8 heteroatoms. The quantitative estimate of drug-likeness (QED) is 0.559. The Kier molecular flexibility index (Phi) is 4.79. The topological polar surface area (TPSA) is 110 Å². The van der Waals surface area contributed by atoms with E-state index in [2.05, 4.69) is 20.4 Å². The maximum atomic E-state index is 12.3. The van der Waals surface area contributed by atoms with Gasteiger partial charge in [-0.1, -0.05) is 17.3 Å². The van der Waals surface area contributed by atoms with Gasteiger partial charge in [0.2, 0.25) is 0 Å². The van der Waals surface area contributed by atoms with Crippen LogP contribution >= 0.6 is 0 Å². The van der Waals surface area contributed by atoms with Crippen molar-refractivity contribution in [1.82, 2.24) is 10.1 Å². The van der Waals surface area contributed by atoms with Crippen LogP contribution in [0.15, 0.2) is 63.3 Å². The molecule has 0 saturated carbocycles. The molecule has 0 aliphatic carbocycles. The molecule has 3 aromatic rings. The monoisotopic (exact) mass is 338 g/mol. The summed E-state index contributed by atoms with van der Waals surface area (Å²) >= 11 is 0. The van der Waals surface area contributed by atoms with Crippen LogP contribution in [-0.4, -0.2) is 21.2 Å². The number of benzene rings is 2. The van der Waals surface area contributed by atoms with Gasteiger partial charge in [-0.05, 0) is 43.3 Å². The van der Waals surface area contributed by atoms with E-state index in [-0.39, 0.29) is 23.8 Å². The first-order valence-corrected chi connectivity index (χ1v) is 7.38. The summed E-state index contributed by atoms with van der Waals surface area (Å²) in [7, 11) is 0. The lowest BCUT2D eigenvalue weighted by Gasteiger charge is -2.04. The van der Waals surface area contributed by atoms with Crippen molar-refractivity contribution in [2.45, 2.75) is 13.5 Å². The number of hydrogen-bond acceptors (Lipinski definition) is 8. The molecule has 0 radical (unpaired) electrons. The molecule has 0 bridgehead atoms. The Morgan fingerprint density at radius 2 is 1.92 bits per heavy atom. The molecule has 0 aliphatic heterocycles. The second-order valence-corrected chi connectivity index (χ2v) is 5.05. The molecule has 0 atom stereocenters. The van der Waals surface area contributed by atoms with Gasteiger partial charge in [0, 0.05) is 0 Å². The first-order chi connectivity index (χ1) is 12.1. The van der Waals surface area contributed by atoms with Crippen LogP contribution in [0.4, 0.5) is 11.4 Å². The molecule has 0 spiro atoms. The SMILES string of the molecule is Cc1noc(COC(=O)c2ccccc2N=Nc2ccc(O)cc2)n1. The van der Waals surface area contributed by atoms with Crippen molar-refractivity contribution in [3.8, 4) is 5.75 Å². The minimum absolute atomic E-state index is 0.122. The molecule has 0 saturated heterocycles. The molecule has 2 aromatic carbocycles. The maximum absolute atomic E-state index is 12.3. The zero-order chi connectivity index (χ0) is 17.6. The summed E-state index contributed by atoms with van der Waals surface area (Å²) in [5, 5.41) is 21.0. The molecular weight excluding hydrogens is 324 g/mol. The Hall–Kier alpha value is -3.55. The summed E-state index contributed by atoms with van der Waals surface area (Å²) in [5.41, 5.74) is 1.17. The normalized spacial score (nSPS) is 10.9. The second kappa shape index (κ2) is 7.35. The van der Waals surface area contributed by atoms with Crippen LogP contribution in [0.25, 0.3) is 0 Å². The number of carbonyl (C=O) groups excluding carboxylic acids is 1. The van der Waals surface area contributed by atoms with E-state index in [1.165, 1.54) is 12.1 Å². The summed E-state index contributed by atoms with van der Waals surface area (Å²) < 4.78 is 10.1. The standard InChI is InChI=1S/C17H14N4O4/c1-11-18-16(25-21-11)10-24-17(23)14-4-2-3-5-15(14)20-19-12-6-8-13(22)9-7-12/h2-9,22H,10H2,1H3. The van der Waals surface area contributed by atoms with Gasteiger partial charge in [-0.25, -0.2) is 4.79 Å².